The Labute approximate surface area is 110 Å². The number of carboxylic acid groups (broad SMARTS) is 1. The van der Waals surface area contributed by atoms with Gasteiger partial charge in [-0.05, 0) is 17.7 Å². The first kappa shape index (κ1) is 13.3. The van der Waals surface area contributed by atoms with Crippen LogP contribution in [0.4, 0.5) is 0 Å². The minimum atomic E-state index is -3.27. The Hall–Kier alpha value is -2.15. The molecule has 1 aromatic heterocycles. The molecule has 100 valence electrons. The lowest BCUT2D eigenvalue weighted by Crippen LogP contribution is -2.03. The molecule has 0 spiro atoms. The fourth-order valence-electron chi connectivity index (χ4n) is 1.61. The molecule has 0 radical (unpaired) electrons. The van der Waals surface area contributed by atoms with Crippen molar-refractivity contribution in [3.63, 3.8) is 0 Å². The summed E-state index contributed by atoms with van der Waals surface area (Å²) < 4.78 is 24.1. The van der Waals surface area contributed by atoms with Crippen molar-refractivity contribution < 1.29 is 18.3 Å². The summed E-state index contributed by atoms with van der Waals surface area (Å²) in [4.78, 5) is 11.0. The van der Waals surface area contributed by atoms with Gasteiger partial charge in [0, 0.05) is 12.5 Å². The van der Waals surface area contributed by atoms with Gasteiger partial charge in [0.2, 0.25) is 0 Å². The normalized spacial score (nSPS) is 11.4. The van der Waals surface area contributed by atoms with Crippen molar-refractivity contribution in [2.24, 2.45) is 0 Å². The lowest BCUT2D eigenvalue weighted by Gasteiger charge is -2.03. The molecule has 0 fully saturated rings. The Morgan fingerprint density at radius 1 is 1.42 bits per heavy atom. The summed E-state index contributed by atoms with van der Waals surface area (Å²) in [7, 11) is -3.27. The first-order valence-corrected chi connectivity index (χ1v) is 7.30. The first-order valence-electron chi connectivity index (χ1n) is 5.41. The molecule has 0 atom stereocenters. The van der Waals surface area contributed by atoms with Crippen LogP contribution in [-0.4, -0.2) is 35.5 Å². The van der Waals surface area contributed by atoms with Gasteiger partial charge in [-0.2, -0.15) is 5.10 Å². The third kappa shape index (κ3) is 3.19. The van der Waals surface area contributed by atoms with Crippen molar-refractivity contribution >= 4 is 15.8 Å². The third-order valence-corrected chi connectivity index (χ3v) is 3.62. The van der Waals surface area contributed by atoms with Crippen LogP contribution < -0.4 is 0 Å². The second-order valence-corrected chi connectivity index (χ2v) is 6.17. The van der Waals surface area contributed by atoms with Crippen LogP contribution in [0.3, 0.4) is 0 Å². The van der Waals surface area contributed by atoms with Gasteiger partial charge in [0.1, 0.15) is 4.90 Å². The predicted octanol–water partition coefficient (Wildman–Crippen LogP) is 1.03. The molecule has 1 heterocycles. The number of nitrogens with zero attached hydrogens (tertiary/aromatic N) is 2. The zero-order valence-corrected chi connectivity index (χ0v) is 11.0. The number of aromatic nitrogens is 2. The van der Waals surface area contributed by atoms with Crippen LogP contribution in [0.5, 0.6) is 0 Å². The first-order chi connectivity index (χ1) is 8.86. The van der Waals surface area contributed by atoms with Gasteiger partial charge < -0.3 is 5.11 Å². The van der Waals surface area contributed by atoms with Crippen molar-refractivity contribution in [3.05, 3.63) is 47.8 Å². The lowest BCUT2D eigenvalue weighted by atomic mass is 10.1. The van der Waals surface area contributed by atoms with Gasteiger partial charge in [0.05, 0.1) is 18.3 Å². The number of hydrogen-bond acceptors (Lipinski definition) is 4. The predicted molar refractivity (Wildman–Crippen MR) is 67.8 cm³/mol. The monoisotopic (exact) mass is 280 g/mol. The average molecular weight is 280 g/mol. The van der Waals surface area contributed by atoms with Gasteiger partial charge in [-0.3, -0.25) is 4.68 Å². The molecule has 0 aliphatic heterocycles. The molecule has 2 aromatic rings. The molecule has 19 heavy (non-hydrogen) atoms. The molecule has 1 aromatic carbocycles. The number of benzene rings is 1. The largest absolute Gasteiger partial charge is 0.478 e. The van der Waals surface area contributed by atoms with Crippen LogP contribution in [0.2, 0.25) is 0 Å². The number of sulfone groups is 1. The van der Waals surface area contributed by atoms with Crippen molar-refractivity contribution in [1.29, 1.82) is 0 Å². The minimum absolute atomic E-state index is 0.141. The fourth-order valence-corrected chi connectivity index (χ4v) is 2.16. The molecule has 6 nitrogen and oxygen atoms in total. The average Bonchev–Trinajstić information content (AvgIpc) is 2.77. The van der Waals surface area contributed by atoms with Crippen LogP contribution >= 0.6 is 0 Å². The van der Waals surface area contributed by atoms with Gasteiger partial charge in [-0.1, -0.05) is 12.1 Å². The molecule has 1 N–H and O–H groups in total. The molecular formula is C12H12N2O4S. The summed E-state index contributed by atoms with van der Waals surface area (Å²) in [6.45, 7) is 0.316. The number of carboxylic acids is 1. The van der Waals surface area contributed by atoms with E-state index in [4.69, 9.17) is 5.11 Å². The highest BCUT2D eigenvalue weighted by Crippen LogP contribution is 2.10. The van der Waals surface area contributed by atoms with E-state index < -0.39 is 15.8 Å². The number of rotatable bonds is 4. The molecule has 0 amide bonds. The highest BCUT2D eigenvalue weighted by molar-refractivity contribution is 7.90. The van der Waals surface area contributed by atoms with Crippen LogP contribution in [-0.2, 0) is 16.4 Å². The van der Waals surface area contributed by atoms with E-state index in [9.17, 15) is 13.2 Å². The Morgan fingerprint density at radius 2 is 2.16 bits per heavy atom. The zero-order valence-electron chi connectivity index (χ0n) is 10.1. The summed E-state index contributed by atoms with van der Waals surface area (Å²) in [5.41, 5.74) is 0.927. The Morgan fingerprint density at radius 3 is 2.74 bits per heavy atom. The van der Waals surface area contributed by atoms with Gasteiger partial charge in [-0.25, -0.2) is 13.2 Å². The summed E-state index contributed by atoms with van der Waals surface area (Å²) in [6.07, 6.45) is 3.80. The van der Waals surface area contributed by atoms with Crippen LogP contribution in [0.25, 0.3) is 0 Å². The molecule has 0 saturated heterocycles. The summed E-state index contributed by atoms with van der Waals surface area (Å²) in [5, 5.41) is 12.8. The molecule has 0 aliphatic carbocycles. The summed E-state index contributed by atoms with van der Waals surface area (Å²) >= 11 is 0. The van der Waals surface area contributed by atoms with E-state index in [1.807, 2.05) is 0 Å². The van der Waals surface area contributed by atoms with Gasteiger partial charge >= 0.3 is 5.97 Å². The number of aromatic carboxylic acids is 1. The van der Waals surface area contributed by atoms with E-state index in [0.717, 1.165) is 11.8 Å². The SMILES string of the molecule is CS(=O)(=O)c1cnn(Cc2cccc(C(=O)O)c2)c1. The second-order valence-electron chi connectivity index (χ2n) is 4.15. The van der Waals surface area contributed by atoms with Crippen molar-refractivity contribution in [3.8, 4) is 0 Å². The maximum absolute atomic E-state index is 11.3. The maximum Gasteiger partial charge on any atom is 0.335 e. The maximum atomic E-state index is 11.3. The van der Waals surface area contributed by atoms with Crippen molar-refractivity contribution in [2.45, 2.75) is 11.4 Å². The Kier molecular flexibility index (Phi) is 3.39. The third-order valence-electron chi connectivity index (χ3n) is 2.56. The molecule has 0 saturated carbocycles. The van der Waals surface area contributed by atoms with E-state index in [-0.39, 0.29) is 10.5 Å². The summed E-state index contributed by atoms with van der Waals surface area (Å²) in [5.74, 6) is -1.00. The zero-order chi connectivity index (χ0) is 14.0. The molecule has 0 unspecified atom stereocenters. The summed E-state index contributed by atoms with van der Waals surface area (Å²) in [6, 6.07) is 6.43. The molecule has 7 heteroatoms. The second kappa shape index (κ2) is 4.85. The lowest BCUT2D eigenvalue weighted by molar-refractivity contribution is 0.0696. The highest BCUT2D eigenvalue weighted by atomic mass is 32.2. The smallest absolute Gasteiger partial charge is 0.335 e. The Balaban J connectivity index is 2.24. The van der Waals surface area contributed by atoms with E-state index in [0.29, 0.717) is 6.54 Å². The fraction of sp³-hybridized carbons (Fsp3) is 0.167. The topological polar surface area (TPSA) is 89.3 Å². The Bertz CT molecular complexity index is 719. The van der Waals surface area contributed by atoms with Crippen molar-refractivity contribution in [1.82, 2.24) is 9.78 Å². The quantitative estimate of drug-likeness (QED) is 0.903. The highest BCUT2D eigenvalue weighted by Gasteiger charge is 2.10. The van der Waals surface area contributed by atoms with Gasteiger partial charge in [-0.15, -0.1) is 0 Å². The van der Waals surface area contributed by atoms with E-state index in [2.05, 4.69) is 5.10 Å². The standard InChI is InChI=1S/C12H12N2O4S/c1-19(17,18)11-6-13-14(8-11)7-9-3-2-4-10(5-9)12(15)16/h2-6,8H,7H2,1H3,(H,15,16). The van der Waals surface area contributed by atoms with E-state index >= 15 is 0 Å². The van der Waals surface area contributed by atoms with Gasteiger partial charge in [0.15, 0.2) is 9.84 Å². The molecule has 0 aliphatic rings. The molecule has 0 bridgehead atoms. The number of hydrogen-bond donors (Lipinski definition) is 1. The van der Waals surface area contributed by atoms with Crippen molar-refractivity contribution in [2.75, 3.05) is 6.26 Å². The molecular weight excluding hydrogens is 268 g/mol. The van der Waals surface area contributed by atoms with E-state index in [1.165, 1.54) is 29.2 Å². The van der Waals surface area contributed by atoms with E-state index in [1.54, 1.807) is 12.1 Å². The number of carbonyl (C=O) groups is 1. The molecule has 2 rings (SSSR count). The van der Waals surface area contributed by atoms with Crippen LogP contribution in [0.15, 0.2) is 41.6 Å². The minimum Gasteiger partial charge on any atom is -0.478 e. The van der Waals surface area contributed by atoms with Gasteiger partial charge in [0.25, 0.3) is 0 Å². The van der Waals surface area contributed by atoms with Crippen LogP contribution in [0.1, 0.15) is 15.9 Å². The van der Waals surface area contributed by atoms with Crippen LogP contribution in [0, 0.1) is 0 Å².